The Balaban J connectivity index is 2.36. The zero-order valence-corrected chi connectivity index (χ0v) is 12.3. The van der Waals surface area contributed by atoms with Gasteiger partial charge in [0.05, 0.1) is 0 Å². The highest BCUT2D eigenvalue weighted by Crippen LogP contribution is 2.18. The number of nitrogens with zero attached hydrogens (tertiary/aromatic N) is 1. The second kappa shape index (κ2) is 7.31. The van der Waals surface area contributed by atoms with Crippen molar-refractivity contribution in [2.24, 2.45) is 0 Å². The zero-order valence-electron chi connectivity index (χ0n) is 12.3. The van der Waals surface area contributed by atoms with Gasteiger partial charge in [0.2, 0.25) is 0 Å². The molecule has 112 valence electrons. The molecular weight excluding hydrogens is 278 g/mol. The Morgan fingerprint density at radius 2 is 2.05 bits per heavy atom. The lowest BCUT2D eigenvalue weighted by molar-refractivity contribution is -0.131. The average Bonchev–Trinajstić information content (AvgIpc) is 2.54. The molecule has 1 aromatic carbocycles. The van der Waals surface area contributed by atoms with Crippen LogP contribution >= 0.6 is 0 Å². The third-order valence-corrected chi connectivity index (χ3v) is 3.25. The van der Waals surface area contributed by atoms with E-state index in [9.17, 15) is 9.59 Å². The number of hydrogen-bond donors (Lipinski definition) is 1. The van der Waals surface area contributed by atoms with E-state index in [4.69, 9.17) is 5.11 Å². The van der Waals surface area contributed by atoms with Gasteiger partial charge in [-0.15, -0.1) is 0 Å². The maximum atomic E-state index is 12.4. The van der Waals surface area contributed by atoms with Gasteiger partial charge in [0.1, 0.15) is 0 Å². The molecule has 2 rings (SSSR count). The van der Waals surface area contributed by atoms with Crippen LogP contribution in [0.15, 0.2) is 48.8 Å². The Labute approximate surface area is 129 Å². The highest BCUT2D eigenvalue weighted by Gasteiger charge is 2.11. The second-order valence-electron chi connectivity index (χ2n) is 4.91. The van der Waals surface area contributed by atoms with Crippen molar-refractivity contribution >= 4 is 17.8 Å². The van der Waals surface area contributed by atoms with Crippen LogP contribution in [-0.2, 0) is 11.2 Å². The summed E-state index contributed by atoms with van der Waals surface area (Å²) in [7, 11) is 0. The van der Waals surface area contributed by atoms with Crippen molar-refractivity contribution in [2.45, 2.75) is 19.8 Å². The summed E-state index contributed by atoms with van der Waals surface area (Å²) in [6, 6.07) is 8.79. The van der Waals surface area contributed by atoms with Crippen LogP contribution in [0.1, 0.15) is 40.4 Å². The van der Waals surface area contributed by atoms with Gasteiger partial charge in [-0.2, -0.15) is 0 Å². The van der Waals surface area contributed by atoms with Crippen molar-refractivity contribution in [3.63, 3.8) is 0 Å². The fraction of sp³-hybridized carbons (Fsp3) is 0.167. The van der Waals surface area contributed by atoms with Crippen LogP contribution in [0.5, 0.6) is 0 Å². The molecule has 0 atom stereocenters. The number of carbonyl (C=O) groups excluding carboxylic acids is 1. The van der Waals surface area contributed by atoms with Gasteiger partial charge in [-0.1, -0.05) is 25.5 Å². The Hall–Kier alpha value is -2.75. The number of aliphatic carboxylic acids is 1. The van der Waals surface area contributed by atoms with Crippen LogP contribution in [0.2, 0.25) is 0 Å². The van der Waals surface area contributed by atoms with Gasteiger partial charge < -0.3 is 5.11 Å². The van der Waals surface area contributed by atoms with Crippen molar-refractivity contribution in [1.82, 2.24) is 4.98 Å². The van der Waals surface area contributed by atoms with E-state index >= 15 is 0 Å². The first-order chi connectivity index (χ1) is 10.6. The van der Waals surface area contributed by atoms with Crippen LogP contribution in [0, 0.1) is 0 Å². The van der Waals surface area contributed by atoms with Crippen LogP contribution in [0.25, 0.3) is 6.08 Å². The van der Waals surface area contributed by atoms with Crippen LogP contribution < -0.4 is 0 Å². The molecule has 0 unspecified atom stereocenters. The minimum Gasteiger partial charge on any atom is -0.478 e. The number of benzene rings is 1. The summed E-state index contributed by atoms with van der Waals surface area (Å²) >= 11 is 0. The first kappa shape index (κ1) is 15.6. The molecule has 0 saturated heterocycles. The molecule has 0 aliphatic heterocycles. The van der Waals surface area contributed by atoms with E-state index in [2.05, 4.69) is 4.98 Å². The van der Waals surface area contributed by atoms with Crippen molar-refractivity contribution in [3.05, 3.63) is 71.1 Å². The van der Waals surface area contributed by atoms with Crippen molar-refractivity contribution in [2.75, 3.05) is 0 Å². The molecule has 0 bridgehead atoms. The third kappa shape index (κ3) is 3.88. The molecule has 0 amide bonds. The van der Waals surface area contributed by atoms with Crippen molar-refractivity contribution in [1.29, 1.82) is 0 Å². The summed E-state index contributed by atoms with van der Waals surface area (Å²) < 4.78 is 0. The van der Waals surface area contributed by atoms with E-state index in [0.717, 1.165) is 30.0 Å². The highest BCUT2D eigenvalue weighted by atomic mass is 16.4. The van der Waals surface area contributed by atoms with Gasteiger partial charge in [0, 0.05) is 29.6 Å². The molecule has 0 saturated carbocycles. The van der Waals surface area contributed by atoms with E-state index in [1.807, 2.05) is 13.0 Å². The summed E-state index contributed by atoms with van der Waals surface area (Å²) in [6.07, 6.45) is 7.54. The fourth-order valence-corrected chi connectivity index (χ4v) is 2.22. The van der Waals surface area contributed by atoms with Crippen molar-refractivity contribution < 1.29 is 14.7 Å². The average molecular weight is 295 g/mol. The molecule has 4 heteroatoms. The lowest BCUT2D eigenvalue weighted by Gasteiger charge is -2.08. The smallest absolute Gasteiger partial charge is 0.328 e. The fourth-order valence-electron chi connectivity index (χ4n) is 2.22. The molecule has 0 spiro atoms. The molecule has 0 radical (unpaired) electrons. The van der Waals surface area contributed by atoms with Gasteiger partial charge >= 0.3 is 5.97 Å². The molecule has 1 aromatic heterocycles. The number of carbonyl (C=O) groups is 2. The molecule has 1 heterocycles. The number of aryl methyl sites for hydroxylation is 1. The second-order valence-corrected chi connectivity index (χ2v) is 4.91. The van der Waals surface area contributed by atoms with Gasteiger partial charge in [-0.25, -0.2) is 4.79 Å². The minimum atomic E-state index is -0.988. The topological polar surface area (TPSA) is 67.3 Å². The third-order valence-electron chi connectivity index (χ3n) is 3.25. The van der Waals surface area contributed by atoms with Gasteiger partial charge in [-0.05, 0) is 41.8 Å². The molecule has 22 heavy (non-hydrogen) atoms. The summed E-state index contributed by atoms with van der Waals surface area (Å²) in [5, 5.41) is 8.74. The molecular formula is C18H17NO3. The number of ketones is 1. The first-order valence-electron chi connectivity index (χ1n) is 7.10. The summed E-state index contributed by atoms with van der Waals surface area (Å²) in [5.74, 6) is -1.07. The normalized spacial score (nSPS) is 10.8. The molecule has 0 aliphatic rings. The lowest BCUT2D eigenvalue weighted by Crippen LogP contribution is -2.03. The summed E-state index contributed by atoms with van der Waals surface area (Å²) in [5.41, 5.74) is 2.92. The molecule has 2 aromatic rings. The van der Waals surface area contributed by atoms with Gasteiger partial charge in [0.25, 0.3) is 0 Å². The highest BCUT2D eigenvalue weighted by molar-refractivity contribution is 6.09. The van der Waals surface area contributed by atoms with E-state index in [1.54, 1.807) is 42.7 Å². The van der Waals surface area contributed by atoms with Crippen LogP contribution in [-0.4, -0.2) is 21.8 Å². The zero-order chi connectivity index (χ0) is 15.9. The maximum absolute atomic E-state index is 12.4. The Bertz CT molecular complexity index is 706. The largest absolute Gasteiger partial charge is 0.478 e. The molecule has 1 N–H and O–H groups in total. The number of hydrogen-bond acceptors (Lipinski definition) is 3. The number of carboxylic acids is 1. The van der Waals surface area contributed by atoms with Gasteiger partial charge in [-0.3, -0.25) is 9.78 Å². The van der Waals surface area contributed by atoms with E-state index in [1.165, 1.54) is 0 Å². The Kier molecular flexibility index (Phi) is 5.20. The van der Waals surface area contributed by atoms with Crippen molar-refractivity contribution in [3.8, 4) is 0 Å². The van der Waals surface area contributed by atoms with Crippen LogP contribution in [0.3, 0.4) is 0 Å². The lowest BCUT2D eigenvalue weighted by atomic mass is 9.96. The van der Waals surface area contributed by atoms with E-state index in [-0.39, 0.29) is 5.78 Å². The number of pyridine rings is 1. The Morgan fingerprint density at radius 3 is 2.68 bits per heavy atom. The monoisotopic (exact) mass is 295 g/mol. The van der Waals surface area contributed by atoms with Gasteiger partial charge in [0.15, 0.2) is 5.78 Å². The SMILES string of the molecule is CCCc1cc(C(=O)c2cccnc2)ccc1/C=C/C(=O)O. The minimum absolute atomic E-state index is 0.0841. The summed E-state index contributed by atoms with van der Waals surface area (Å²) in [4.78, 5) is 27.0. The maximum Gasteiger partial charge on any atom is 0.328 e. The predicted molar refractivity (Wildman–Crippen MR) is 84.8 cm³/mol. The number of aromatic nitrogens is 1. The quantitative estimate of drug-likeness (QED) is 0.655. The standard InChI is InChI=1S/C18H17NO3/c1-2-4-14-11-15(7-6-13(14)8-9-17(20)21)18(22)16-5-3-10-19-12-16/h3,5-12H,2,4H2,1H3,(H,20,21)/b9-8+. The predicted octanol–water partition coefficient (Wildman–Crippen LogP) is 3.36. The number of rotatable bonds is 6. The first-order valence-corrected chi connectivity index (χ1v) is 7.10. The Morgan fingerprint density at radius 1 is 1.23 bits per heavy atom. The summed E-state index contributed by atoms with van der Waals surface area (Å²) in [6.45, 7) is 2.04. The molecule has 0 aliphatic carbocycles. The van der Waals surface area contributed by atoms with E-state index < -0.39 is 5.97 Å². The molecule has 0 fully saturated rings. The van der Waals surface area contributed by atoms with Crippen LogP contribution in [0.4, 0.5) is 0 Å². The van der Waals surface area contributed by atoms with E-state index in [0.29, 0.717) is 11.1 Å². The molecule has 4 nitrogen and oxygen atoms in total. The number of carboxylic acid groups (broad SMARTS) is 1.